The van der Waals surface area contributed by atoms with Crippen molar-refractivity contribution in [2.45, 2.75) is 0 Å². The molecule has 2 aromatic heterocycles. The maximum Gasteiger partial charge on any atom is 0.225 e. The van der Waals surface area contributed by atoms with Crippen LogP contribution in [0.2, 0.25) is 5.28 Å². The average molecular weight is 208 g/mol. The third kappa shape index (κ3) is 2.17. The minimum atomic E-state index is 0.163. The number of hydrogen-bond donors (Lipinski definition) is 0. The third-order valence-electron chi connectivity index (χ3n) is 1.47. The quantitative estimate of drug-likeness (QED) is 0.709. The number of rotatable bonds is 2. The van der Waals surface area contributed by atoms with Crippen LogP contribution in [0, 0.1) is 0 Å². The van der Waals surface area contributed by atoms with E-state index >= 15 is 0 Å². The number of aromatic nitrogens is 3. The molecule has 0 aliphatic rings. The van der Waals surface area contributed by atoms with Crippen LogP contribution in [0.5, 0.6) is 11.6 Å². The Bertz CT molecular complexity index is 421. The van der Waals surface area contributed by atoms with Crippen molar-refractivity contribution < 1.29 is 4.74 Å². The summed E-state index contributed by atoms with van der Waals surface area (Å²) in [6.45, 7) is 0. The molecule has 5 heteroatoms. The molecule has 0 fully saturated rings. The molecule has 0 aliphatic carbocycles. The fourth-order valence-electron chi connectivity index (χ4n) is 0.903. The monoisotopic (exact) mass is 207 g/mol. The van der Waals surface area contributed by atoms with Crippen molar-refractivity contribution in [2.75, 3.05) is 0 Å². The number of ether oxygens (including phenoxy) is 1. The van der Waals surface area contributed by atoms with Gasteiger partial charge in [0.05, 0.1) is 0 Å². The van der Waals surface area contributed by atoms with Crippen LogP contribution in [0.15, 0.2) is 36.8 Å². The second kappa shape index (κ2) is 4.02. The molecule has 70 valence electrons. The van der Waals surface area contributed by atoms with E-state index in [0.717, 1.165) is 0 Å². The second-order valence-electron chi connectivity index (χ2n) is 2.45. The van der Waals surface area contributed by atoms with Gasteiger partial charge in [-0.2, -0.15) is 4.98 Å². The number of pyridine rings is 1. The van der Waals surface area contributed by atoms with E-state index in [2.05, 4.69) is 15.0 Å². The fourth-order valence-corrected chi connectivity index (χ4v) is 1.04. The van der Waals surface area contributed by atoms with E-state index in [1.807, 2.05) is 0 Å². The Kier molecular flexibility index (Phi) is 2.55. The SMILES string of the molecule is Clc1nccc(Oc2ccncc2)n1. The highest BCUT2D eigenvalue weighted by Gasteiger charge is 1.98. The molecule has 2 heterocycles. The van der Waals surface area contributed by atoms with Gasteiger partial charge in [0.25, 0.3) is 0 Å². The number of nitrogens with zero attached hydrogens (tertiary/aromatic N) is 3. The summed E-state index contributed by atoms with van der Waals surface area (Å²) < 4.78 is 5.38. The highest BCUT2D eigenvalue weighted by molar-refractivity contribution is 6.28. The molecule has 2 aromatic rings. The highest BCUT2D eigenvalue weighted by atomic mass is 35.5. The lowest BCUT2D eigenvalue weighted by molar-refractivity contribution is 0.461. The van der Waals surface area contributed by atoms with Crippen molar-refractivity contribution in [3.8, 4) is 11.6 Å². The Morgan fingerprint density at radius 2 is 1.86 bits per heavy atom. The summed E-state index contributed by atoms with van der Waals surface area (Å²) >= 11 is 5.60. The van der Waals surface area contributed by atoms with Gasteiger partial charge >= 0.3 is 0 Å². The molecule has 0 aromatic carbocycles. The lowest BCUT2D eigenvalue weighted by atomic mass is 10.4. The summed E-state index contributed by atoms with van der Waals surface area (Å²) in [6, 6.07) is 5.10. The minimum Gasteiger partial charge on any atom is -0.439 e. The Hall–Kier alpha value is -1.68. The molecule has 0 unspecified atom stereocenters. The van der Waals surface area contributed by atoms with E-state index < -0.39 is 0 Å². The zero-order valence-corrected chi connectivity index (χ0v) is 7.85. The van der Waals surface area contributed by atoms with Gasteiger partial charge in [-0.15, -0.1) is 0 Å². The summed E-state index contributed by atoms with van der Waals surface area (Å²) in [5, 5.41) is 0.163. The molecule has 0 radical (unpaired) electrons. The molecule has 2 rings (SSSR count). The Morgan fingerprint density at radius 3 is 2.57 bits per heavy atom. The summed E-state index contributed by atoms with van der Waals surface area (Å²) in [5.74, 6) is 1.07. The van der Waals surface area contributed by atoms with Gasteiger partial charge in [-0.1, -0.05) is 0 Å². The molecule has 0 saturated carbocycles. The molecule has 14 heavy (non-hydrogen) atoms. The predicted octanol–water partition coefficient (Wildman–Crippen LogP) is 2.32. The van der Waals surface area contributed by atoms with Crippen LogP contribution in [0.3, 0.4) is 0 Å². The molecule has 0 spiro atoms. The van der Waals surface area contributed by atoms with Crippen molar-refractivity contribution in [2.24, 2.45) is 0 Å². The van der Waals surface area contributed by atoms with Crippen molar-refractivity contribution in [1.29, 1.82) is 0 Å². The zero-order valence-electron chi connectivity index (χ0n) is 7.09. The summed E-state index contributed by atoms with van der Waals surface area (Å²) in [5.41, 5.74) is 0. The summed E-state index contributed by atoms with van der Waals surface area (Å²) in [6.07, 6.45) is 4.81. The number of hydrogen-bond acceptors (Lipinski definition) is 4. The average Bonchev–Trinajstić information content (AvgIpc) is 2.19. The van der Waals surface area contributed by atoms with Gasteiger partial charge in [-0.3, -0.25) is 4.98 Å². The first kappa shape index (κ1) is 8.90. The predicted molar refractivity (Wildman–Crippen MR) is 51.4 cm³/mol. The smallest absolute Gasteiger partial charge is 0.225 e. The standard InChI is InChI=1S/C9H6ClN3O/c10-9-12-6-3-8(13-9)14-7-1-4-11-5-2-7/h1-6H. The number of halogens is 1. The van der Waals surface area contributed by atoms with Gasteiger partial charge < -0.3 is 4.74 Å². The second-order valence-corrected chi connectivity index (χ2v) is 2.79. The first-order valence-corrected chi connectivity index (χ1v) is 4.29. The van der Waals surface area contributed by atoms with Crippen LogP contribution in [-0.4, -0.2) is 15.0 Å². The maximum atomic E-state index is 5.60. The van der Waals surface area contributed by atoms with E-state index in [-0.39, 0.29) is 5.28 Å². The zero-order chi connectivity index (χ0) is 9.80. The van der Waals surface area contributed by atoms with Crippen LogP contribution >= 0.6 is 11.6 Å². The molecule has 4 nitrogen and oxygen atoms in total. The van der Waals surface area contributed by atoms with Crippen LogP contribution in [-0.2, 0) is 0 Å². The molecule has 0 bridgehead atoms. The third-order valence-corrected chi connectivity index (χ3v) is 1.65. The van der Waals surface area contributed by atoms with E-state index in [1.165, 1.54) is 6.20 Å². The van der Waals surface area contributed by atoms with Gasteiger partial charge in [0.2, 0.25) is 11.2 Å². The normalized spacial score (nSPS) is 9.79. The van der Waals surface area contributed by atoms with Gasteiger partial charge in [0.1, 0.15) is 5.75 Å². The summed E-state index contributed by atoms with van der Waals surface area (Å²) in [7, 11) is 0. The lowest BCUT2D eigenvalue weighted by Gasteiger charge is -2.02. The Labute approximate surface area is 85.6 Å². The molecular weight excluding hydrogens is 202 g/mol. The molecular formula is C9H6ClN3O. The Morgan fingerprint density at radius 1 is 1.07 bits per heavy atom. The first-order chi connectivity index (χ1) is 6.84. The van der Waals surface area contributed by atoms with E-state index in [9.17, 15) is 0 Å². The topological polar surface area (TPSA) is 47.9 Å². The molecule has 0 saturated heterocycles. The van der Waals surface area contributed by atoms with Crippen molar-refractivity contribution in [1.82, 2.24) is 15.0 Å². The fraction of sp³-hybridized carbons (Fsp3) is 0. The molecule has 0 aliphatic heterocycles. The van der Waals surface area contributed by atoms with Gasteiger partial charge in [0.15, 0.2) is 0 Å². The van der Waals surface area contributed by atoms with Crippen LogP contribution < -0.4 is 4.74 Å². The van der Waals surface area contributed by atoms with E-state index in [0.29, 0.717) is 11.6 Å². The van der Waals surface area contributed by atoms with Crippen LogP contribution in [0.25, 0.3) is 0 Å². The minimum absolute atomic E-state index is 0.163. The largest absolute Gasteiger partial charge is 0.439 e. The highest BCUT2D eigenvalue weighted by Crippen LogP contribution is 2.18. The van der Waals surface area contributed by atoms with Gasteiger partial charge in [-0.25, -0.2) is 4.98 Å². The molecule has 0 amide bonds. The van der Waals surface area contributed by atoms with Crippen LogP contribution in [0.4, 0.5) is 0 Å². The molecule has 0 atom stereocenters. The summed E-state index contributed by atoms with van der Waals surface area (Å²) in [4.78, 5) is 11.5. The Balaban J connectivity index is 2.19. The van der Waals surface area contributed by atoms with Crippen molar-refractivity contribution in [3.05, 3.63) is 42.1 Å². The van der Waals surface area contributed by atoms with E-state index in [1.54, 1.807) is 30.6 Å². The van der Waals surface area contributed by atoms with Gasteiger partial charge in [-0.05, 0) is 23.7 Å². The maximum absolute atomic E-state index is 5.60. The van der Waals surface area contributed by atoms with Crippen molar-refractivity contribution >= 4 is 11.6 Å². The van der Waals surface area contributed by atoms with E-state index in [4.69, 9.17) is 16.3 Å². The van der Waals surface area contributed by atoms with Crippen molar-refractivity contribution in [3.63, 3.8) is 0 Å². The van der Waals surface area contributed by atoms with Gasteiger partial charge in [0, 0.05) is 24.7 Å². The lowest BCUT2D eigenvalue weighted by Crippen LogP contribution is -1.89. The molecule has 0 N–H and O–H groups in total. The van der Waals surface area contributed by atoms with Crippen LogP contribution in [0.1, 0.15) is 0 Å². The first-order valence-electron chi connectivity index (χ1n) is 3.91.